The molecule has 0 atom stereocenters. The fourth-order valence-electron chi connectivity index (χ4n) is 4.68. The summed E-state index contributed by atoms with van der Waals surface area (Å²) in [5.74, 6) is -2.04. The summed E-state index contributed by atoms with van der Waals surface area (Å²) < 4.78 is 12.9. The van der Waals surface area contributed by atoms with E-state index in [0.717, 1.165) is 5.69 Å². The Morgan fingerprint density at radius 1 is 0.900 bits per heavy atom. The third kappa shape index (κ3) is 5.80. The molecule has 0 unspecified atom stereocenters. The molecule has 10 nitrogen and oxygen atoms in total. The highest BCUT2D eigenvalue weighted by Crippen LogP contribution is 2.43. The summed E-state index contributed by atoms with van der Waals surface area (Å²) in [6.07, 6.45) is 0.980. The normalized spacial score (nSPS) is 14.0. The minimum atomic E-state index is -0.888. The Morgan fingerprint density at radius 3 is 1.90 bits per heavy atom. The van der Waals surface area contributed by atoms with Gasteiger partial charge in [-0.2, -0.15) is 5.10 Å². The van der Waals surface area contributed by atoms with E-state index in [4.69, 9.17) is 14.6 Å². The number of nitrogens with zero attached hydrogens (tertiary/aromatic N) is 3. The summed E-state index contributed by atoms with van der Waals surface area (Å²) in [4.78, 5) is 37.9. The zero-order valence-electron chi connectivity index (χ0n) is 23.3. The molecule has 10 heteroatoms. The zero-order valence-corrected chi connectivity index (χ0v) is 23.3. The number of para-hydroxylation sites is 1. The second kappa shape index (κ2) is 11.6. The van der Waals surface area contributed by atoms with Crippen LogP contribution < -0.4 is 5.32 Å². The third-order valence-corrected chi connectivity index (χ3v) is 6.31. The number of esters is 2. The van der Waals surface area contributed by atoms with Crippen molar-refractivity contribution in [2.45, 2.75) is 59.7 Å². The van der Waals surface area contributed by atoms with Crippen LogP contribution in [0.4, 0.5) is 5.69 Å². The van der Waals surface area contributed by atoms with Gasteiger partial charge in [0.25, 0.3) is 5.69 Å². The van der Waals surface area contributed by atoms with Crippen molar-refractivity contribution < 1.29 is 24.0 Å². The van der Waals surface area contributed by atoms with E-state index in [2.05, 4.69) is 5.32 Å². The maximum absolute atomic E-state index is 13.5. The van der Waals surface area contributed by atoms with Gasteiger partial charge in [-0.3, -0.25) is 10.1 Å². The van der Waals surface area contributed by atoms with Gasteiger partial charge in [-0.15, -0.1) is 0 Å². The van der Waals surface area contributed by atoms with Gasteiger partial charge < -0.3 is 14.8 Å². The first-order valence-electron chi connectivity index (χ1n) is 13.0. The summed E-state index contributed by atoms with van der Waals surface area (Å²) in [5, 5.41) is 19.3. The van der Waals surface area contributed by atoms with Gasteiger partial charge in [0.1, 0.15) is 0 Å². The lowest BCUT2D eigenvalue weighted by Gasteiger charge is -2.31. The SMILES string of the molecule is CC1=C(C(=O)OC(C)C)C(c2cn(-c3ccccc3)nc2-c2ccc([N+](=O)[O-])cc2)C(C(=O)OC(C)C)=C(C)N1. The first kappa shape index (κ1) is 28.3. The van der Waals surface area contributed by atoms with Gasteiger partial charge >= 0.3 is 11.9 Å². The van der Waals surface area contributed by atoms with Crippen molar-refractivity contribution in [3.05, 3.63) is 99.0 Å². The average molecular weight is 545 g/mol. The molecule has 1 aromatic heterocycles. The van der Waals surface area contributed by atoms with Crippen molar-refractivity contribution in [3.8, 4) is 16.9 Å². The molecule has 4 rings (SSSR count). The highest BCUT2D eigenvalue weighted by molar-refractivity contribution is 6.00. The number of nitro benzene ring substituents is 1. The van der Waals surface area contributed by atoms with E-state index in [0.29, 0.717) is 28.2 Å². The van der Waals surface area contributed by atoms with Crippen LogP contribution in [-0.4, -0.2) is 38.9 Å². The van der Waals surface area contributed by atoms with Crippen LogP contribution in [0.15, 0.2) is 83.3 Å². The van der Waals surface area contributed by atoms with Gasteiger partial charge in [0.2, 0.25) is 0 Å². The van der Waals surface area contributed by atoms with Crippen molar-refractivity contribution in [1.82, 2.24) is 15.1 Å². The monoisotopic (exact) mass is 544 g/mol. The van der Waals surface area contributed by atoms with Crippen LogP contribution >= 0.6 is 0 Å². The van der Waals surface area contributed by atoms with E-state index in [-0.39, 0.29) is 16.8 Å². The average Bonchev–Trinajstić information content (AvgIpc) is 3.33. The second-order valence-corrected chi connectivity index (χ2v) is 10.1. The molecule has 1 N–H and O–H groups in total. The van der Waals surface area contributed by atoms with Crippen LogP contribution in [0.5, 0.6) is 0 Å². The van der Waals surface area contributed by atoms with E-state index in [9.17, 15) is 19.7 Å². The van der Waals surface area contributed by atoms with Gasteiger partial charge in [-0.05, 0) is 65.8 Å². The zero-order chi connectivity index (χ0) is 29.1. The number of hydrogen-bond acceptors (Lipinski definition) is 8. The lowest BCUT2D eigenvalue weighted by atomic mass is 9.79. The Morgan fingerprint density at radius 2 is 1.43 bits per heavy atom. The number of carbonyl (C=O) groups is 2. The quantitative estimate of drug-likeness (QED) is 0.221. The molecule has 0 amide bonds. The molecule has 0 saturated heterocycles. The fraction of sp³-hybridized carbons (Fsp3) is 0.300. The minimum absolute atomic E-state index is 0.0662. The minimum Gasteiger partial charge on any atom is -0.460 e. The molecular weight excluding hydrogens is 512 g/mol. The van der Waals surface area contributed by atoms with E-state index in [1.54, 1.807) is 64.6 Å². The Kier molecular flexibility index (Phi) is 8.18. The molecule has 208 valence electrons. The van der Waals surface area contributed by atoms with Crippen LogP contribution in [0, 0.1) is 10.1 Å². The number of aromatic nitrogens is 2. The predicted octanol–water partition coefficient (Wildman–Crippen LogP) is 5.59. The molecule has 2 heterocycles. The Bertz CT molecular complexity index is 1460. The van der Waals surface area contributed by atoms with Crippen molar-refractivity contribution in [3.63, 3.8) is 0 Å². The second-order valence-electron chi connectivity index (χ2n) is 10.1. The summed E-state index contributed by atoms with van der Waals surface area (Å²) in [5.41, 5.74) is 3.86. The number of rotatable bonds is 8. The smallest absolute Gasteiger partial charge is 0.337 e. The number of allylic oxidation sites excluding steroid dienone is 2. The maximum Gasteiger partial charge on any atom is 0.337 e. The molecule has 0 bridgehead atoms. The van der Waals surface area contributed by atoms with Crippen molar-refractivity contribution in [2.24, 2.45) is 0 Å². The van der Waals surface area contributed by atoms with Crippen LogP contribution in [-0.2, 0) is 19.1 Å². The molecule has 1 aliphatic rings. The third-order valence-electron chi connectivity index (χ3n) is 6.31. The largest absolute Gasteiger partial charge is 0.460 e. The van der Waals surface area contributed by atoms with Crippen molar-refractivity contribution in [2.75, 3.05) is 0 Å². The lowest BCUT2D eigenvalue weighted by Crippen LogP contribution is -2.33. The van der Waals surface area contributed by atoms with E-state index >= 15 is 0 Å². The van der Waals surface area contributed by atoms with Crippen molar-refractivity contribution in [1.29, 1.82) is 0 Å². The number of carbonyl (C=O) groups excluding carboxylic acids is 2. The number of benzene rings is 2. The summed E-state index contributed by atoms with van der Waals surface area (Å²) in [6.45, 7) is 10.5. The number of nitro groups is 1. The molecule has 2 aromatic carbocycles. The number of ether oxygens (including phenoxy) is 2. The first-order chi connectivity index (χ1) is 19.0. The molecule has 40 heavy (non-hydrogen) atoms. The topological polar surface area (TPSA) is 126 Å². The van der Waals surface area contributed by atoms with Crippen LogP contribution in [0.2, 0.25) is 0 Å². The van der Waals surface area contributed by atoms with Gasteiger partial charge in [0.15, 0.2) is 0 Å². The Labute approximate surface area is 232 Å². The number of non-ortho nitro benzene ring substituents is 1. The van der Waals surface area contributed by atoms with Gasteiger partial charge in [0, 0.05) is 40.9 Å². The molecule has 0 radical (unpaired) electrons. The summed E-state index contributed by atoms with van der Waals surface area (Å²) >= 11 is 0. The molecule has 0 spiro atoms. The predicted molar refractivity (Wildman–Crippen MR) is 149 cm³/mol. The van der Waals surface area contributed by atoms with Gasteiger partial charge in [-0.1, -0.05) is 18.2 Å². The molecule has 3 aromatic rings. The Balaban J connectivity index is 2.00. The Hall–Kier alpha value is -4.73. The van der Waals surface area contributed by atoms with Crippen LogP contribution in [0.3, 0.4) is 0 Å². The highest BCUT2D eigenvalue weighted by Gasteiger charge is 2.41. The number of dihydropyridines is 1. The number of hydrogen-bond donors (Lipinski definition) is 1. The first-order valence-corrected chi connectivity index (χ1v) is 13.0. The fourth-order valence-corrected chi connectivity index (χ4v) is 4.68. The standard InChI is InChI=1S/C30H32N4O6/c1-17(2)39-29(35)25-19(5)31-20(6)26(30(36)40-18(3)4)27(25)24-16-33(22-10-8-7-9-11-22)32-28(24)21-12-14-23(15-13-21)34(37)38/h7-18,27,31H,1-6H3. The maximum atomic E-state index is 13.5. The summed E-state index contributed by atoms with van der Waals surface area (Å²) in [6, 6.07) is 15.4. The summed E-state index contributed by atoms with van der Waals surface area (Å²) in [7, 11) is 0. The van der Waals surface area contributed by atoms with E-state index in [1.165, 1.54) is 12.1 Å². The van der Waals surface area contributed by atoms with E-state index in [1.807, 2.05) is 30.3 Å². The highest BCUT2D eigenvalue weighted by atomic mass is 16.6. The van der Waals surface area contributed by atoms with Gasteiger partial charge in [0.05, 0.1) is 45.6 Å². The molecule has 0 fully saturated rings. The molecule has 0 aliphatic carbocycles. The molecule has 1 aliphatic heterocycles. The van der Waals surface area contributed by atoms with Gasteiger partial charge in [-0.25, -0.2) is 14.3 Å². The van der Waals surface area contributed by atoms with Crippen molar-refractivity contribution >= 4 is 17.6 Å². The van der Waals surface area contributed by atoms with Crippen LogP contribution in [0.25, 0.3) is 16.9 Å². The van der Waals surface area contributed by atoms with Crippen LogP contribution in [0.1, 0.15) is 53.0 Å². The molecule has 0 saturated carbocycles. The van der Waals surface area contributed by atoms with E-state index < -0.39 is 35.0 Å². The lowest BCUT2D eigenvalue weighted by molar-refractivity contribution is -0.384. The number of nitrogens with one attached hydrogen (secondary N) is 1. The molecular formula is C30H32N4O6.